The Balaban J connectivity index is 1.22. The zero-order valence-electron chi connectivity index (χ0n) is 18.6. The summed E-state index contributed by atoms with van der Waals surface area (Å²) in [5.41, 5.74) is 0.677. The number of likely N-dealkylation sites (tertiary alicyclic amines) is 1. The normalized spacial score (nSPS) is 24.9. The first kappa shape index (κ1) is 22.1. The van der Waals surface area contributed by atoms with Crippen LogP contribution in [0.1, 0.15) is 49.4 Å². The van der Waals surface area contributed by atoms with E-state index >= 15 is 0 Å². The van der Waals surface area contributed by atoms with Crippen molar-refractivity contribution in [2.45, 2.75) is 51.2 Å². The number of hydrogen-bond donors (Lipinski definition) is 0. The van der Waals surface area contributed by atoms with E-state index in [1.165, 1.54) is 6.42 Å². The molecule has 170 valence electrons. The summed E-state index contributed by atoms with van der Waals surface area (Å²) in [5, 5.41) is 0. The fraction of sp³-hybridized carbons (Fsp3) is 0.667. The van der Waals surface area contributed by atoms with Gasteiger partial charge in [0.15, 0.2) is 0 Å². The Morgan fingerprint density at radius 3 is 2.45 bits per heavy atom. The van der Waals surface area contributed by atoms with E-state index < -0.39 is 0 Å². The Kier molecular flexibility index (Phi) is 7.45. The molecule has 3 aliphatic heterocycles. The second-order valence-corrected chi connectivity index (χ2v) is 8.97. The molecule has 0 aliphatic carbocycles. The molecule has 3 fully saturated rings. The van der Waals surface area contributed by atoms with E-state index in [2.05, 4.69) is 11.8 Å². The lowest BCUT2D eigenvalue weighted by Gasteiger charge is -2.38. The highest BCUT2D eigenvalue weighted by molar-refractivity contribution is 5.94. The summed E-state index contributed by atoms with van der Waals surface area (Å²) in [6, 6.07) is 7.73. The number of benzene rings is 1. The molecule has 2 amide bonds. The fourth-order valence-corrected chi connectivity index (χ4v) is 4.70. The van der Waals surface area contributed by atoms with Crippen LogP contribution in [0, 0.1) is 0 Å². The molecule has 7 heteroatoms. The van der Waals surface area contributed by atoms with Gasteiger partial charge in [-0.3, -0.25) is 14.5 Å². The van der Waals surface area contributed by atoms with E-state index in [9.17, 15) is 9.59 Å². The van der Waals surface area contributed by atoms with Gasteiger partial charge in [-0.15, -0.1) is 0 Å². The first-order chi connectivity index (χ1) is 15.1. The lowest BCUT2D eigenvalue weighted by Crippen LogP contribution is -2.53. The maximum atomic E-state index is 12.9. The number of rotatable bonds is 6. The Bertz CT molecular complexity index is 740. The molecule has 0 saturated carbocycles. The van der Waals surface area contributed by atoms with Crippen molar-refractivity contribution in [3.05, 3.63) is 29.8 Å². The van der Waals surface area contributed by atoms with Gasteiger partial charge in [-0.05, 0) is 63.3 Å². The largest absolute Gasteiger partial charge is 0.491 e. The van der Waals surface area contributed by atoms with Gasteiger partial charge in [0.2, 0.25) is 5.91 Å². The van der Waals surface area contributed by atoms with E-state index in [0.717, 1.165) is 57.7 Å². The third-order valence-electron chi connectivity index (χ3n) is 6.70. The number of carbonyl (C=O) groups is 2. The molecule has 4 rings (SSSR count). The molecule has 3 heterocycles. The smallest absolute Gasteiger partial charge is 0.253 e. The molecule has 1 aromatic carbocycles. The average molecular weight is 430 g/mol. The van der Waals surface area contributed by atoms with E-state index in [-0.39, 0.29) is 17.9 Å². The van der Waals surface area contributed by atoms with Crippen molar-refractivity contribution in [1.29, 1.82) is 0 Å². The highest BCUT2D eigenvalue weighted by Crippen LogP contribution is 2.19. The van der Waals surface area contributed by atoms with Crippen LogP contribution in [0.15, 0.2) is 24.3 Å². The van der Waals surface area contributed by atoms with Gasteiger partial charge in [0.05, 0.1) is 12.6 Å². The number of piperazine rings is 1. The second kappa shape index (κ2) is 10.5. The molecular formula is C24H35N3O4. The van der Waals surface area contributed by atoms with E-state index in [1.54, 1.807) is 0 Å². The summed E-state index contributed by atoms with van der Waals surface area (Å²) >= 11 is 0. The molecule has 0 bridgehead atoms. The predicted octanol–water partition coefficient (Wildman–Crippen LogP) is 2.40. The zero-order chi connectivity index (χ0) is 21.6. The van der Waals surface area contributed by atoms with Gasteiger partial charge in [0.25, 0.3) is 5.91 Å². The monoisotopic (exact) mass is 429 g/mol. The SMILES string of the molecule is CC1CCCCN1C(=O)CN1CCN(C(=O)c2ccc(OCC3CCCO3)cc2)CC1. The highest BCUT2D eigenvalue weighted by Gasteiger charge is 2.27. The van der Waals surface area contributed by atoms with Crippen LogP contribution in [0.4, 0.5) is 0 Å². The van der Waals surface area contributed by atoms with Crippen molar-refractivity contribution < 1.29 is 19.1 Å². The third-order valence-corrected chi connectivity index (χ3v) is 6.70. The van der Waals surface area contributed by atoms with Crippen molar-refractivity contribution in [2.24, 2.45) is 0 Å². The van der Waals surface area contributed by atoms with Gasteiger partial charge in [-0.2, -0.15) is 0 Å². The Hall–Kier alpha value is -2.12. The van der Waals surface area contributed by atoms with Crippen molar-refractivity contribution in [3.8, 4) is 5.75 Å². The van der Waals surface area contributed by atoms with Gasteiger partial charge in [0.1, 0.15) is 12.4 Å². The molecule has 7 nitrogen and oxygen atoms in total. The topological polar surface area (TPSA) is 62.3 Å². The maximum Gasteiger partial charge on any atom is 0.253 e. The first-order valence-electron chi connectivity index (χ1n) is 11.8. The van der Waals surface area contributed by atoms with Crippen LogP contribution in [0.25, 0.3) is 0 Å². The van der Waals surface area contributed by atoms with Crippen molar-refractivity contribution in [1.82, 2.24) is 14.7 Å². The van der Waals surface area contributed by atoms with Crippen molar-refractivity contribution >= 4 is 11.8 Å². The molecule has 0 spiro atoms. The second-order valence-electron chi connectivity index (χ2n) is 8.97. The van der Waals surface area contributed by atoms with Crippen LogP contribution < -0.4 is 4.74 Å². The molecule has 0 aromatic heterocycles. The molecule has 31 heavy (non-hydrogen) atoms. The molecule has 1 aromatic rings. The Morgan fingerprint density at radius 1 is 1.00 bits per heavy atom. The van der Waals surface area contributed by atoms with Gasteiger partial charge in [-0.1, -0.05) is 0 Å². The maximum absolute atomic E-state index is 12.9. The van der Waals surface area contributed by atoms with Gasteiger partial charge in [-0.25, -0.2) is 0 Å². The van der Waals surface area contributed by atoms with Gasteiger partial charge < -0.3 is 19.3 Å². The standard InChI is InChI=1S/C24H35N3O4/c1-19-5-2-3-11-27(19)23(28)17-25-12-14-26(15-13-25)24(29)20-7-9-21(10-8-20)31-18-22-6-4-16-30-22/h7-10,19,22H,2-6,11-18H2,1H3. The Morgan fingerprint density at radius 2 is 1.77 bits per heavy atom. The summed E-state index contributed by atoms with van der Waals surface area (Å²) in [5.74, 6) is 1.04. The molecule has 2 atom stereocenters. The average Bonchev–Trinajstić information content (AvgIpc) is 3.32. The van der Waals surface area contributed by atoms with Crippen LogP contribution in [-0.2, 0) is 9.53 Å². The first-order valence-corrected chi connectivity index (χ1v) is 11.8. The summed E-state index contributed by atoms with van der Waals surface area (Å²) in [6.07, 6.45) is 5.75. The number of ether oxygens (including phenoxy) is 2. The predicted molar refractivity (Wildman–Crippen MR) is 118 cm³/mol. The molecule has 2 unspecified atom stereocenters. The minimum Gasteiger partial charge on any atom is -0.491 e. The lowest BCUT2D eigenvalue weighted by molar-refractivity contribution is -0.136. The molecule has 3 saturated heterocycles. The highest BCUT2D eigenvalue weighted by atomic mass is 16.5. The molecule has 0 radical (unpaired) electrons. The fourth-order valence-electron chi connectivity index (χ4n) is 4.70. The van der Waals surface area contributed by atoms with Crippen LogP contribution >= 0.6 is 0 Å². The van der Waals surface area contributed by atoms with Crippen LogP contribution in [-0.4, -0.2) is 91.1 Å². The summed E-state index contributed by atoms with van der Waals surface area (Å²) < 4.78 is 11.4. The molecular weight excluding hydrogens is 394 g/mol. The van der Waals surface area contributed by atoms with Crippen molar-refractivity contribution in [3.63, 3.8) is 0 Å². The van der Waals surface area contributed by atoms with E-state index in [1.807, 2.05) is 34.1 Å². The van der Waals surface area contributed by atoms with Gasteiger partial charge >= 0.3 is 0 Å². The van der Waals surface area contributed by atoms with Gasteiger partial charge in [0, 0.05) is 50.9 Å². The van der Waals surface area contributed by atoms with Crippen LogP contribution in [0.2, 0.25) is 0 Å². The third kappa shape index (κ3) is 5.77. The molecule has 0 N–H and O–H groups in total. The number of carbonyl (C=O) groups excluding carboxylic acids is 2. The quantitative estimate of drug-likeness (QED) is 0.695. The van der Waals surface area contributed by atoms with E-state index in [4.69, 9.17) is 9.47 Å². The van der Waals surface area contributed by atoms with Crippen molar-refractivity contribution in [2.75, 3.05) is 52.5 Å². The number of hydrogen-bond acceptors (Lipinski definition) is 5. The number of piperidine rings is 1. The molecule has 3 aliphatic rings. The minimum absolute atomic E-state index is 0.0429. The summed E-state index contributed by atoms with van der Waals surface area (Å²) in [4.78, 5) is 31.6. The number of nitrogens with zero attached hydrogens (tertiary/aromatic N) is 3. The zero-order valence-corrected chi connectivity index (χ0v) is 18.6. The minimum atomic E-state index is 0.0429. The Labute approximate surface area is 185 Å². The van der Waals surface area contributed by atoms with Crippen LogP contribution in [0.3, 0.4) is 0 Å². The van der Waals surface area contributed by atoms with Crippen LogP contribution in [0.5, 0.6) is 5.75 Å². The summed E-state index contributed by atoms with van der Waals surface area (Å²) in [7, 11) is 0. The number of amides is 2. The lowest BCUT2D eigenvalue weighted by atomic mass is 10.0. The van der Waals surface area contributed by atoms with E-state index in [0.29, 0.717) is 37.8 Å². The summed E-state index contributed by atoms with van der Waals surface area (Å²) in [6.45, 7) is 7.65.